The zero-order valence-corrected chi connectivity index (χ0v) is 11.2. The van der Waals surface area contributed by atoms with Crippen molar-refractivity contribution in [2.24, 2.45) is 0 Å². The molecule has 0 aliphatic carbocycles. The molecule has 0 saturated heterocycles. The van der Waals surface area contributed by atoms with Crippen LogP contribution in [0.15, 0.2) is 42.6 Å². The molecular weight excluding hydrogens is 238 g/mol. The Morgan fingerprint density at radius 2 is 2.00 bits per heavy atom. The Morgan fingerprint density at radius 1 is 1.21 bits per heavy atom. The zero-order valence-electron chi connectivity index (χ0n) is 11.2. The Bertz CT molecular complexity index is 596. The largest absolute Gasteiger partial charge is 0.449 e. The number of rotatable bonds is 3. The summed E-state index contributed by atoms with van der Waals surface area (Å²) >= 11 is 0. The van der Waals surface area contributed by atoms with E-state index in [0.29, 0.717) is 6.61 Å². The van der Waals surface area contributed by atoms with E-state index < -0.39 is 0 Å². The summed E-state index contributed by atoms with van der Waals surface area (Å²) in [6.07, 6.45) is 5.27. The van der Waals surface area contributed by atoms with Gasteiger partial charge in [0.15, 0.2) is 0 Å². The Balaban J connectivity index is 2.23. The van der Waals surface area contributed by atoms with Crippen molar-refractivity contribution in [1.29, 1.82) is 0 Å². The minimum Gasteiger partial charge on any atom is -0.449 e. The molecule has 0 fully saturated rings. The molecule has 0 aliphatic heterocycles. The molecule has 0 unspecified atom stereocenters. The second kappa shape index (κ2) is 6.05. The van der Waals surface area contributed by atoms with Crippen molar-refractivity contribution in [3.8, 4) is 0 Å². The third-order valence-electron chi connectivity index (χ3n) is 2.87. The van der Waals surface area contributed by atoms with E-state index in [2.05, 4.69) is 13.0 Å². The first-order valence-electron chi connectivity index (χ1n) is 6.30. The maximum atomic E-state index is 11.7. The van der Waals surface area contributed by atoms with E-state index in [-0.39, 0.29) is 6.09 Å². The standard InChI is InChI=1S/C16H17NO2/c1-3-19-16(18)17-12-6-9-15(17)11-10-14-8-5-4-7-13(14)2/h4-12H,3H2,1-2H3/b11-10+. The lowest BCUT2D eigenvalue weighted by atomic mass is 10.1. The molecule has 2 rings (SSSR count). The minimum atomic E-state index is -0.350. The van der Waals surface area contributed by atoms with Crippen molar-refractivity contribution in [3.63, 3.8) is 0 Å². The second-order valence-corrected chi connectivity index (χ2v) is 4.19. The van der Waals surface area contributed by atoms with Crippen LogP contribution in [0.2, 0.25) is 0 Å². The topological polar surface area (TPSA) is 31.2 Å². The first-order valence-corrected chi connectivity index (χ1v) is 6.30. The molecule has 3 nitrogen and oxygen atoms in total. The number of benzene rings is 1. The quantitative estimate of drug-likeness (QED) is 0.831. The molecule has 0 amide bonds. The number of aromatic nitrogens is 1. The molecule has 1 heterocycles. The molecular formula is C16H17NO2. The van der Waals surface area contributed by atoms with E-state index >= 15 is 0 Å². The molecule has 0 radical (unpaired) electrons. The van der Waals surface area contributed by atoms with Crippen LogP contribution in [-0.4, -0.2) is 17.3 Å². The van der Waals surface area contributed by atoms with Crippen molar-refractivity contribution in [1.82, 2.24) is 4.57 Å². The van der Waals surface area contributed by atoms with Gasteiger partial charge in [-0.15, -0.1) is 0 Å². The Labute approximate surface area is 113 Å². The van der Waals surface area contributed by atoms with Gasteiger partial charge in [-0.3, -0.25) is 4.57 Å². The first-order chi connectivity index (χ1) is 9.22. The van der Waals surface area contributed by atoms with Crippen molar-refractivity contribution in [3.05, 3.63) is 59.4 Å². The van der Waals surface area contributed by atoms with Gasteiger partial charge in [0.1, 0.15) is 0 Å². The Morgan fingerprint density at radius 3 is 2.74 bits per heavy atom. The molecule has 0 N–H and O–H groups in total. The summed E-state index contributed by atoms with van der Waals surface area (Å²) in [4.78, 5) is 11.7. The number of nitrogens with zero attached hydrogens (tertiary/aromatic N) is 1. The van der Waals surface area contributed by atoms with Crippen molar-refractivity contribution in [2.75, 3.05) is 6.61 Å². The summed E-state index contributed by atoms with van der Waals surface area (Å²) in [7, 11) is 0. The summed E-state index contributed by atoms with van der Waals surface area (Å²) in [5, 5.41) is 0. The van der Waals surface area contributed by atoms with Crippen LogP contribution in [0.4, 0.5) is 4.79 Å². The van der Waals surface area contributed by atoms with E-state index in [9.17, 15) is 4.79 Å². The second-order valence-electron chi connectivity index (χ2n) is 4.19. The van der Waals surface area contributed by atoms with Crippen LogP contribution in [0.3, 0.4) is 0 Å². The number of hydrogen-bond donors (Lipinski definition) is 0. The summed E-state index contributed by atoms with van der Waals surface area (Å²) in [5.41, 5.74) is 3.15. The summed E-state index contributed by atoms with van der Waals surface area (Å²) in [6.45, 7) is 4.23. The molecule has 0 spiro atoms. The first kappa shape index (κ1) is 13.1. The van der Waals surface area contributed by atoms with Gasteiger partial charge in [0, 0.05) is 6.20 Å². The van der Waals surface area contributed by atoms with Crippen LogP contribution in [-0.2, 0) is 4.74 Å². The van der Waals surface area contributed by atoms with Crippen LogP contribution < -0.4 is 0 Å². The van der Waals surface area contributed by atoms with E-state index in [1.807, 2.05) is 42.5 Å². The third-order valence-corrected chi connectivity index (χ3v) is 2.87. The molecule has 1 aromatic heterocycles. The van der Waals surface area contributed by atoms with Crippen LogP contribution in [0.5, 0.6) is 0 Å². The number of carbonyl (C=O) groups excluding carboxylic acids is 1. The average Bonchev–Trinajstić information content (AvgIpc) is 2.86. The number of carbonyl (C=O) groups is 1. The van der Waals surface area contributed by atoms with Gasteiger partial charge in [0.05, 0.1) is 12.3 Å². The van der Waals surface area contributed by atoms with E-state index in [4.69, 9.17) is 4.74 Å². The Hall–Kier alpha value is -2.29. The fraction of sp³-hybridized carbons (Fsp3) is 0.188. The van der Waals surface area contributed by atoms with E-state index in [1.54, 1.807) is 13.1 Å². The van der Waals surface area contributed by atoms with Gasteiger partial charge in [0.25, 0.3) is 0 Å². The average molecular weight is 255 g/mol. The predicted octanol–water partition coefficient (Wildman–Crippen LogP) is 3.97. The van der Waals surface area contributed by atoms with Crippen molar-refractivity contribution in [2.45, 2.75) is 13.8 Å². The van der Waals surface area contributed by atoms with Crippen LogP contribution in [0, 0.1) is 6.92 Å². The van der Waals surface area contributed by atoms with Gasteiger partial charge in [-0.1, -0.05) is 30.3 Å². The molecule has 98 valence electrons. The maximum absolute atomic E-state index is 11.7. The number of ether oxygens (including phenoxy) is 1. The van der Waals surface area contributed by atoms with Gasteiger partial charge < -0.3 is 4.74 Å². The molecule has 0 bridgehead atoms. The number of hydrogen-bond acceptors (Lipinski definition) is 2. The Kier molecular flexibility index (Phi) is 4.18. The monoisotopic (exact) mass is 255 g/mol. The van der Waals surface area contributed by atoms with Crippen LogP contribution in [0.1, 0.15) is 23.7 Å². The van der Waals surface area contributed by atoms with Crippen molar-refractivity contribution < 1.29 is 9.53 Å². The molecule has 3 heteroatoms. The molecule has 19 heavy (non-hydrogen) atoms. The fourth-order valence-electron chi connectivity index (χ4n) is 1.84. The lowest BCUT2D eigenvalue weighted by molar-refractivity contribution is 0.154. The predicted molar refractivity (Wildman–Crippen MR) is 77.0 cm³/mol. The summed E-state index contributed by atoms with van der Waals surface area (Å²) < 4.78 is 6.49. The van der Waals surface area contributed by atoms with E-state index in [0.717, 1.165) is 11.3 Å². The molecule has 0 aliphatic rings. The van der Waals surface area contributed by atoms with Crippen LogP contribution in [0.25, 0.3) is 12.2 Å². The fourth-order valence-corrected chi connectivity index (χ4v) is 1.84. The maximum Gasteiger partial charge on any atom is 0.418 e. The van der Waals surface area contributed by atoms with Gasteiger partial charge in [0.2, 0.25) is 0 Å². The summed E-state index contributed by atoms with van der Waals surface area (Å²) in [5.74, 6) is 0. The smallest absolute Gasteiger partial charge is 0.418 e. The van der Waals surface area contributed by atoms with Gasteiger partial charge >= 0.3 is 6.09 Å². The molecule has 2 aromatic rings. The lowest BCUT2D eigenvalue weighted by Crippen LogP contribution is -2.13. The molecule has 0 atom stereocenters. The SMILES string of the molecule is CCOC(=O)n1cccc1/C=C/c1ccccc1C. The highest BCUT2D eigenvalue weighted by atomic mass is 16.5. The van der Waals surface area contributed by atoms with Gasteiger partial charge in [-0.2, -0.15) is 0 Å². The zero-order chi connectivity index (χ0) is 13.7. The van der Waals surface area contributed by atoms with E-state index in [1.165, 1.54) is 10.1 Å². The van der Waals surface area contributed by atoms with Gasteiger partial charge in [-0.25, -0.2) is 4.79 Å². The highest BCUT2D eigenvalue weighted by molar-refractivity contribution is 5.78. The summed E-state index contributed by atoms with van der Waals surface area (Å²) in [6, 6.07) is 11.8. The molecule has 1 aromatic carbocycles. The molecule has 0 saturated carbocycles. The lowest BCUT2D eigenvalue weighted by Gasteiger charge is -2.05. The van der Waals surface area contributed by atoms with Crippen LogP contribution >= 0.6 is 0 Å². The minimum absolute atomic E-state index is 0.350. The highest BCUT2D eigenvalue weighted by Gasteiger charge is 2.07. The third kappa shape index (κ3) is 3.13. The normalized spacial score (nSPS) is 10.8. The number of aryl methyl sites for hydroxylation is 1. The van der Waals surface area contributed by atoms with Crippen molar-refractivity contribution >= 4 is 18.2 Å². The van der Waals surface area contributed by atoms with Gasteiger partial charge in [-0.05, 0) is 43.2 Å². The highest BCUT2D eigenvalue weighted by Crippen LogP contribution is 2.13.